The Morgan fingerprint density at radius 1 is 1.16 bits per heavy atom. The SMILES string of the molecule is CC(C)CN1Cc2c(O)c3c(c(F)c2C1)C[C@H]1C[C@H]2[C@H](N(C)C)C(=O)C(C(N)=O)=C(O)[C@@]2(O)C(=O)C1=C3O. The van der Waals surface area contributed by atoms with E-state index >= 15 is 4.39 Å². The van der Waals surface area contributed by atoms with Crippen LogP contribution in [0.2, 0.25) is 0 Å². The third kappa shape index (κ3) is 3.38. The van der Waals surface area contributed by atoms with E-state index in [-0.39, 0.29) is 41.8 Å². The lowest BCUT2D eigenvalue weighted by atomic mass is 9.57. The zero-order valence-electron chi connectivity index (χ0n) is 21.7. The second-order valence-electron chi connectivity index (χ2n) is 11.5. The van der Waals surface area contributed by atoms with Crippen molar-refractivity contribution in [2.45, 2.75) is 51.4 Å². The first-order chi connectivity index (χ1) is 17.7. The van der Waals surface area contributed by atoms with E-state index in [9.17, 15) is 34.8 Å². The number of amides is 1. The number of hydrogen-bond acceptors (Lipinski definition) is 9. The molecule has 11 heteroatoms. The maximum absolute atomic E-state index is 15.9. The van der Waals surface area contributed by atoms with Gasteiger partial charge in [0.2, 0.25) is 5.78 Å². The van der Waals surface area contributed by atoms with Crippen LogP contribution in [-0.4, -0.2) is 80.0 Å². The van der Waals surface area contributed by atoms with Crippen molar-refractivity contribution in [3.8, 4) is 5.75 Å². The minimum absolute atomic E-state index is 0.0641. The second kappa shape index (κ2) is 8.62. The van der Waals surface area contributed by atoms with Crippen molar-refractivity contribution in [2.24, 2.45) is 23.5 Å². The molecular formula is C27H32FN3O7. The molecule has 1 amide bonds. The number of benzene rings is 1. The largest absolute Gasteiger partial charge is 0.508 e. The molecule has 1 aliphatic heterocycles. The maximum atomic E-state index is 15.9. The molecule has 204 valence electrons. The van der Waals surface area contributed by atoms with E-state index in [1.54, 1.807) is 0 Å². The number of phenols is 1. The molecule has 6 N–H and O–H groups in total. The number of carbonyl (C=O) groups is 3. The summed E-state index contributed by atoms with van der Waals surface area (Å²) < 4.78 is 15.9. The molecule has 0 aromatic heterocycles. The molecule has 0 saturated heterocycles. The Hall–Kier alpha value is -3.28. The summed E-state index contributed by atoms with van der Waals surface area (Å²) in [6.45, 7) is 5.30. The molecule has 0 unspecified atom stereocenters. The topological polar surface area (TPSA) is 165 Å². The summed E-state index contributed by atoms with van der Waals surface area (Å²) in [5, 5.41) is 45.0. The molecule has 0 radical (unpaired) electrons. The predicted octanol–water partition coefficient (Wildman–Crippen LogP) is 1.07. The Kier molecular flexibility index (Phi) is 5.97. The Balaban J connectivity index is 1.69. The van der Waals surface area contributed by atoms with Gasteiger partial charge in [0.05, 0.1) is 11.6 Å². The van der Waals surface area contributed by atoms with Gasteiger partial charge in [-0.1, -0.05) is 13.8 Å². The average Bonchev–Trinajstić information content (AvgIpc) is 3.23. The van der Waals surface area contributed by atoms with Gasteiger partial charge in [0, 0.05) is 47.8 Å². The van der Waals surface area contributed by atoms with E-state index in [4.69, 9.17) is 5.73 Å². The van der Waals surface area contributed by atoms with Gasteiger partial charge < -0.3 is 26.2 Å². The smallest absolute Gasteiger partial charge is 0.255 e. The molecule has 3 aliphatic carbocycles. The van der Waals surface area contributed by atoms with Crippen molar-refractivity contribution >= 4 is 23.2 Å². The lowest BCUT2D eigenvalue weighted by Gasteiger charge is -2.50. The Morgan fingerprint density at radius 3 is 2.37 bits per heavy atom. The molecule has 1 saturated carbocycles. The van der Waals surface area contributed by atoms with Crippen molar-refractivity contribution in [3.05, 3.63) is 45.0 Å². The van der Waals surface area contributed by atoms with Gasteiger partial charge in [-0.25, -0.2) is 4.39 Å². The van der Waals surface area contributed by atoms with Gasteiger partial charge in [-0.2, -0.15) is 0 Å². The van der Waals surface area contributed by atoms with Crippen LogP contribution in [0.5, 0.6) is 5.75 Å². The number of nitrogens with zero attached hydrogens (tertiary/aromatic N) is 2. The fourth-order valence-electron chi connectivity index (χ4n) is 6.92. The second-order valence-corrected chi connectivity index (χ2v) is 11.5. The molecule has 0 bridgehead atoms. The molecule has 4 atom stereocenters. The van der Waals surface area contributed by atoms with Crippen molar-refractivity contribution in [1.29, 1.82) is 0 Å². The highest BCUT2D eigenvalue weighted by molar-refractivity contribution is 6.24. The summed E-state index contributed by atoms with van der Waals surface area (Å²) >= 11 is 0. The number of ketones is 2. The lowest BCUT2D eigenvalue weighted by molar-refractivity contribution is -0.153. The van der Waals surface area contributed by atoms with E-state index in [1.807, 2.05) is 18.7 Å². The van der Waals surface area contributed by atoms with Crippen molar-refractivity contribution in [2.75, 3.05) is 20.6 Å². The fourth-order valence-corrected chi connectivity index (χ4v) is 6.92. The molecule has 5 rings (SSSR count). The van der Waals surface area contributed by atoms with Crippen LogP contribution < -0.4 is 5.73 Å². The number of rotatable bonds is 4. The third-order valence-corrected chi connectivity index (χ3v) is 8.42. The van der Waals surface area contributed by atoms with E-state index in [0.717, 1.165) is 0 Å². The van der Waals surface area contributed by atoms with Crippen LogP contribution in [-0.2, 0) is 33.9 Å². The molecule has 10 nitrogen and oxygen atoms in total. The quantitative estimate of drug-likeness (QED) is 0.359. The summed E-state index contributed by atoms with van der Waals surface area (Å²) in [6.07, 6.45) is -0.145. The van der Waals surface area contributed by atoms with Crippen LogP contribution in [0.3, 0.4) is 0 Å². The molecule has 1 heterocycles. The van der Waals surface area contributed by atoms with Gasteiger partial charge in [0.25, 0.3) is 5.91 Å². The van der Waals surface area contributed by atoms with Crippen LogP contribution in [0.1, 0.15) is 42.5 Å². The number of aliphatic hydroxyl groups is 3. The lowest BCUT2D eigenvalue weighted by Crippen LogP contribution is -2.65. The number of primary amides is 1. The number of aromatic hydroxyl groups is 1. The number of fused-ring (bicyclic) bond motifs is 4. The number of carbonyl (C=O) groups excluding carboxylic acids is 3. The zero-order chi connectivity index (χ0) is 28.0. The third-order valence-electron chi connectivity index (χ3n) is 8.42. The molecule has 1 fully saturated rings. The summed E-state index contributed by atoms with van der Waals surface area (Å²) in [4.78, 5) is 42.5. The molecule has 0 spiro atoms. The number of hydrogen-bond donors (Lipinski definition) is 5. The Bertz CT molecular complexity index is 1360. The average molecular weight is 530 g/mol. The van der Waals surface area contributed by atoms with Crippen LogP contribution in [0.4, 0.5) is 4.39 Å². The van der Waals surface area contributed by atoms with E-state index < -0.39 is 63.9 Å². The number of nitrogens with two attached hydrogens (primary N) is 1. The zero-order valence-corrected chi connectivity index (χ0v) is 21.7. The van der Waals surface area contributed by atoms with E-state index in [1.165, 1.54) is 19.0 Å². The molecule has 1 aromatic carbocycles. The van der Waals surface area contributed by atoms with Gasteiger partial charge in [-0.3, -0.25) is 24.2 Å². The first-order valence-corrected chi connectivity index (χ1v) is 12.6. The summed E-state index contributed by atoms with van der Waals surface area (Å²) in [5.74, 6) is -7.65. The molecule has 38 heavy (non-hydrogen) atoms. The van der Waals surface area contributed by atoms with Crippen molar-refractivity contribution < 1.29 is 39.2 Å². The normalized spacial score (nSPS) is 29.1. The van der Waals surface area contributed by atoms with E-state index in [0.29, 0.717) is 30.1 Å². The van der Waals surface area contributed by atoms with Crippen LogP contribution >= 0.6 is 0 Å². The summed E-state index contributed by atoms with van der Waals surface area (Å²) in [7, 11) is 3.05. The molecule has 1 aromatic rings. The predicted molar refractivity (Wildman–Crippen MR) is 133 cm³/mol. The molecular weight excluding hydrogens is 497 g/mol. The van der Waals surface area contributed by atoms with Gasteiger partial charge >= 0.3 is 0 Å². The van der Waals surface area contributed by atoms with Crippen molar-refractivity contribution in [1.82, 2.24) is 9.80 Å². The highest BCUT2D eigenvalue weighted by atomic mass is 19.1. The number of aliphatic hydroxyl groups excluding tert-OH is 2. The monoisotopic (exact) mass is 529 g/mol. The fraction of sp³-hybridized carbons (Fsp3) is 0.519. The highest BCUT2D eigenvalue weighted by Crippen LogP contribution is 2.54. The minimum atomic E-state index is -2.72. The first kappa shape index (κ1) is 26.3. The number of phenolic OH excluding ortho intramolecular Hbond substituents is 1. The van der Waals surface area contributed by atoms with E-state index in [2.05, 4.69) is 0 Å². The standard InChI is InChI=1S/C27H32FN3O7/c1-10(2)7-31-8-13-14(9-31)21(32)17-12(19(13)28)5-11-6-15-20(30(3)4)23(34)18(26(29)37)25(36)27(15,38)24(35)16(11)22(17)33/h10-11,15,20,32-33,36,38H,5-9H2,1-4H3,(H2,29,37)/t11-,15-,20-,27-/m0/s1. The highest BCUT2D eigenvalue weighted by Gasteiger charge is 2.64. The Morgan fingerprint density at radius 2 is 1.79 bits per heavy atom. The summed E-state index contributed by atoms with van der Waals surface area (Å²) in [6, 6.07) is -1.18. The van der Waals surface area contributed by atoms with Crippen LogP contribution in [0.15, 0.2) is 16.9 Å². The van der Waals surface area contributed by atoms with Crippen LogP contribution in [0.25, 0.3) is 5.76 Å². The van der Waals surface area contributed by atoms with Crippen molar-refractivity contribution in [3.63, 3.8) is 0 Å². The van der Waals surface area contributed by atoms with Gasteiger partial charge in [-0.15, -0.1) is 0 Å². The van der Waals surface area contributed by atoms with Gasteiger partial charge in [0.15, 0.2) is 11.4 Å². The minimum Gasteiger partial charge on any atom is -0.508 e. The Labute approximate surface area is 218 Å². The molecule has 4 aliphatic rings. The first-order valence-electron chi connectivity index (χ1n) is 12.6. The number of halogens is 1. The van der Waals surface area contributed by atoms with Gasteiger partial charge in [0.1, 0.15) is 28.7 Å². The summed E-state index contributed by atoms with van der Waals surface area (Å²) in [5.41, 5.74) is 2.00. The number of likely N-dealkylation sites (N-methyl/N-ethyl adjacent to an activating group) is 1. The number of Topliss-reactive ketones (excluding diaryl/α,β-unsaturated/α-hetero) is 2. The maximum Gasteiger partial charge on any atom is 0.255 e. The van der Waals surface area contributed by atoms with Gasteiger partial charge in [-0.05, 0) is 38.8 Å². The van der Waals surface area contributed by atoms with Crippen LogP contribution in [0, 0.1) is 23.6 Å².